The predicted octanol–water partition coefficient (Wildman–Crippen LogP) is 3.00. The van der Waals surface area contributed by atoms with Crippen molar-refractivity contribution in [3.63, 3.8) is 0 Å². The number of anilines is 2. The fourth-order valence-electron chi connectivity index (χ4n) is 2.97. The van der Waals surface area contributed by atoms with E-state index in [4.69, 9.17) is 4.74 Å². The number of carbonyl (C=O) groups is 2. The number of amides is 2. The van der Waals surface area contributed by atoms with E-state index in [2.05, 4.69) is 16.0 Å². The fourth-order valence-corrected chi connectivity index (χ4v) is 4.32. The second-order valence-corrected chi connectivity index (χ2v) is 6.93. The van der Waals surface area contributed by atoms with E-state index < -0.39 is 0 Å². The molecule has 2 aromatic rings. The molecule has 0 fully saturated rings. The lowest BCUT2D eigenvalue weighted by atomic mass is 10.0. The first-order chi connectivity index (χ1) is 13.1. The van der Waals surface area contributed by atoms with Crippen molar-refractivity contribution in [2.75, 3.05) is 18.1 Å². The Labute approximate surface area is 161 Å². The predicted molar refractivity (Wildman–Crippen MR) is 99.6 cm³/mol. The molecule has 1 aliphatic heterocycles. The van der Waals surface area contributed by atoms with Crippen LogP contribution in [-0.4, -0.2) is 40.0 Å². The molecule has 2 aromatic heterocycles. The van der Waals surface area contributed by atoms with E-state index in [1.807, 2.05) is 0 Å². The second kappa shape index (κ2) is 8.14. The zero-order valence-electron chi connectivity index (χ0n) is 15.1. The van der Waals surface area contributed by atoms with Crippen LogP contribution in [0.2, 0.25) is 0 Å². The van der Waals surface area contributed by atoms with Crippen molar-refractivity contribution in [1.82, 2.24) is 14.9 Å². The Morgan fingerprint density at radius 3 is 2.74 bits per heavy atom. The van der Waals surface area contributed by atoms with Crippen LogP contribution in [0.3, 0.4) is 0 Å². The van der Waals surface area contributed by atoms with Crippen LogP contribution in [-0.2, 0) is 22.5 Å². The number of nitrogens with zero attached hydrogens (tertiary/aromatic N) is 5. The zero-order valence-corrected chi connectivity index (χ0v) is 16.0. The molecule has 2 amide bonds. The van der Waals surface area contributed by atoms with Gasteiger partial charge in [-0.1, -0.05) is 6.92 Å². The summed E-state index contributed by atoms with van der Waals surface area (Å²) in [5.41, 5.74) is 1.88. The van der Waals surface area contributed by atoms with Gasteiger partial charge in [0.25, 0.3) is 0 Å². The smallest absolute Gasteiger partial charge is 0.410 e. The second-order valence-electron chi connectivity index (χ2n) is 5.85. The monoisotopic (exact) mass is 385 g/mol. The van der Waals surface area contributed by atoms with Crippen molar-refractivity contribution in [1.29, 1.82) is 5.26 Å². The molecule has 140 valence electrons. The third-order valence-electron chi connectivity index (χ3n) is 4.24. The van der Waals surface area contributed by atoms with E-state index in [0.29, 0.717) is 42.4 Å². The van der Waals surface area contributed by atoms with Crippen LogP contribution in [0.5, 0.6) is 0 Å². The molecule has 0 unspecified atom stereocenters. The maximum Gasteiger partial charge on any atom is 0.410 e. The summed E-state index contributed by atoms with van der Waals surface area (Å²) < 4.78 is 5.08. The molecule has 0 radical (unpaired) electrons. The number of carbonyl (C=O) groups excluding carboxylic acids is 2. The Kier molecular flexibility index (Phi) is 5.66. The van der Waals surface area contributed by atoms with Gasteiger partial charge >= 0.3 is 6.09 Å². The van der Waals surface area contributed by atoms with E-state index in [1.165, 1.54) is 22.6 Å². The third-order valence-corrected chi connectivity index (χ3v) is 5.44. The highest BCUT2D eigenvalue weighted by Gasteiger charge is 2.31. The lowest BCUT2D eigenvalue weighted by Gasteiger charge is -2.25. The lowest BCUT2D eigenvalue weighted by molar-refractivity contribution is -0.117. The van der Waals surface area contributed by atoms with E-state index >= 15 is 0 Å². The summed E-state index contributed by atoms with van der Waals surface area (Å²) in [6.07, 6.45) is 4.94. The first-order valence-corrected chi connectivity index (χ1v) is 9.46. The summed E-state index contributed by atoms with van der Waals surface area (Å²) in [5, 5.41) is 10.3. The molecular weight excluding hydrogens is 366 g/mol. The largest absolute Gasteiger partial charge is 0.450 e. The maximum atomic E-state index is 12.6. The molecular formula is C18H19N5O3S. The van der Waals surface area contributed by atoms with Gasteiger partial charge in [-0.15, -0.1) is 11.3 Å². The summed E-state index contributed by atoms with van der Waals surface area (Å²) in [6.45, 7) is 4.69. The minimum absolute atomic E-state index is 0.151. The number of thiophene rings is 1. The van der Waals surface area contributed by atoms with Gasteiger partial charge in [-0.25, -0.2) is 14.8 Å². The third kappa shape index (κ3) is 3.61. The van der Waals surface area contributed by atoms with Gasteiger partial charge in [0.2, 0.25) is 5.91 Å². The Balaban J connectivity index is 2.03. The van der Waals surface area contributed by atoms with E-state index in [1.54, 1.807) is 31.1 Å². The highest BCUT2D eigenvalue weighted by Crippen LogP contribution is 2.41. The van der Waals surface area contributed by atoms with Crippen molar-refractivity contribution in [2.45, 2.75) is 33.2 Å². The van der Waals surface area contributed by atoms with Crippen molar-refractivity contribution in [2.24, 2.45) is 0 Å². The van der Waals surface area contributed by atoms with Crippen molar-refractivity contribution < 1.29 is 14.3 Å². The highest BCUT2D eigenvalue weighted by atomic mass is 32.1. The Morgan fingerprint density at radius 2 is 2.11 bits per heavy atom. The van der Waals surface area contributed by atoms with Gasteiger partial charge in [0.1, 0.15) is 17.4 Å². The van der Waals surface area contributed by atoms with Crippen LogP contribution < -0.4 is 4.90 Å². The van der Waals surface area contributed by atoms with E-state index in [9.17, 15) is 14.9 Å². The molecule has 1 aliphatic rings. The van der Waals surface area contributed by atoms with E-state index in [0.717, 1.165) is 10.4 Å². The van der Waals surface area contributed by atoms with Gasteiger partial charge in [0.05, 0.1) is 36.8 Å². The zero-order chi connectivity index (χ0) is 19.4. The number of ether oxygens (including phenoxy) is 1. The van der Waals surface area contributed by atoms with Crippen LogP contribution >= 0.6 is 11.3 Å². The Morgan fingerprint density at radius 1 is 1.37 bits per heavy atom. The number of rotatable bonds is 4. The van der Waals surface area contributed by atoms with Crippen molar-refractivity contribution >= 4 is 34.0 Å². The van der Waals surface area contributed by atoms with Gasteiger partial charge in [-0.3, -0.25) is 9.69 Å². The van der Waals surface area contributed by atoms with Crippen LogP contribution in [0, 0.1) is 11.3 Å². The number of fused-ring (bicyclic) bond motifs is 1. The summed E-state index contributed by atoms with van der Waals surface area (Å²) in [5.74, 6) is -0.151. The summed E-state index contributed by atoms with van der Waals surface area (Å²) in [7, 11) is 0. The first kappa shape index (κ1) is 18.8. The molecule has 9 heteroatoms. The number of hydrogen-bond acceptors (Lipinski definition) is 7. The molecule has 0 spiro atoms. The average Bonchev–Trinajstić information content (AvgIpc) is 3.06. The first-order valence-electron chi connectivity index (χ1n) is 8.64. The quantitative estimate of drug-likeness (QED) is 0.802. The molecule has 0 atom stereocenters. The van der Waals surface area contributed by atoms with Crippen LogP contribution in [0.1, 0.15) is 36.3 Å². The van der Waals surface area contributed by atoms with Crippen LogP contribution in [0.15, 0.2) is 18.7 Å². The minimum atomic E-state index is -0.366. The SMILES string of the molecule is CCOC(=O)N1CCc2c(sc(N(C(=O)CC)c3cncnc3)c2C#N)C1. The van der Waals surface area contributed by atoms with Crippen LogP contribution in [0.25, 0.3) is 0 Å². The molecule has 3 heterocycles. The summed E-state index contributed by atoms with van der Waals surface area (Å²) in [4.78, 5) is 36.7. The fraction of sp³-hybridized carbons (Fsp3) is 0.389. The average molecular weight is 385 g/mol. The standard InChI is InChI=1S/C18H19N5O3S/c1-3-16(24)23(12-8-20-11-21-9-12)17-14(7-19)13-5-6-22(10-15(13)27-17)18(25)26-4-2/h8-9,11H,3-6,10H2,1-2H3. The van der Waals surface area contributed by atoms with Gasteiger partial charge in [0.15, 0.2) is 0 Å². The molecule has 0 aromatic carbocycles. The summed E-state index contributed by atoms with van der Waals surface area (Å²) >= 11 is 1.35. The highest BCUT2D eigenvalue weighted by molar-refractivity contribution is 7.16. The molecule has 27 heavy (non-hydrogen) atoms. The molecule has 8 nitrogen and oxygen atoms in total. The molecule has 0 aliphatic carbocycles. The number of aromatic nitrogens is 2. The van der Waals surface area contributed by atoms with Crippen molar-refractivity contribution in [3.8, 4) is 6.07 Å². The van der Waals surface area contributed by atoms with Crippen LogP contribution in [0.4, 0.5) is 15.5 Å². The van der Waals surface area contributed by atoms with Gasteiger partial charge in [-0.2, -0.15) is 5.26 Å². The molecule has 0 saturated carbocycles. The maximum absolute atomic E-state index is 12.6. The minimum Gasteiger partial charge on any atom is -0.450 e. The number of nitriles is 1. The topological polar surface area (TPSA) is 99.4 Å². The molecule has 0 bridgehead atoms. The van der Waals surface area contributed by atoms with E-state index in [-0.39, 0.29) is 18.4 Å². The molecule has 0 saturated heterocycles. The Hall–Kier alpha value is -2.99. The molecule has 0 N–H and O–H groups in total. The lowest BCUT2D eigenvalue weighted by Crippen LogP contribution is -2.35. The van der Waals surface area contributed by atoms with Gasteiger partial charge < -0.3 is 9.64 Å². The van der Waals surface area contributed by atoms with Gasteiger partial charge in [-0.05, 0) is 18.9 Å². The van der Waals surface area contributed by atoms with Crippen molar-refractivity contribution in [3.05, 3.63) is 34.7 Å². The molecule has 3 rings (SSSR count). The Bertz CT molecular complexity index is 890. The normalized spacial score (nSPS) is 12.9. The summed E-state index contributed by atoms with van der Waals surface area (Å²) in [6, 6.07) is 2.24. The van der Waals surface area contributed by atoms with Gasteiger partial charge in [0, 0.05) is 17.8 Å². The number of hydrogen-bond donors (Lipinski definition) is 0.